The van der Waals surface area contributed by atoms with Crippen molar-refractivity contribution in [2.75, 3.05) is 17.6 Å². The van der Waals surface area contributed by atoms with E-state index in [2.05, 4.69) is 16.8 Å². The van der Waals surface area contributed by atoms with Crippen LogP contribution in [0.4, 0.5) is 10.5 Å². The lowest BCUT2D eigenvalue weighted by molar-refractivity contribution is 0.215. The fourth-order valence-corrected chi connectivity index (χ4v) is 4.48. The first-order chi connectivity index (χ1) is 9.75. The van der Waals surface area contributed by atoms with Crippen LogP contribution in [0.2, 0.25) is 0 Å². The summed E-state index contributed by atoms with van der Waals surface area (Å²) in [6.45, 7) is 2.80. The Morgan fingerprint density at radius 3 is 2.90 bits per heavy atom. The van der Waals surface area contributed by atoms with Gasteiger partial charge in [-0.3, -0.25) is 0 Å². The minimum absolute atomic E-state index is 0.0114. The van der Waals surface area contributed by atoms with E-state index < -0.39 is 0 Å². The Balaban J connectivity index is 1.75. The highest BCUT2D eigenvalue weighted by Crippen LogP contribution is 2.40. The second kappa shape index (κ2) is 5.89. The summed E-state index contributed by atoms with van der Waals surface area (Å²) in [5.41, 5.74) is 1.97. The van der Waals surface area contributed by atoms with Crippen LogP contribution in [-0.2, 0) is 0 Å². The fourth-order valence-electron chi connectivity index (χ4n) is 2.25. The molecule has 0 bridgehead atoms. The third-order valence-electron chi connectivity index (χ3n) is 3.33. The van der Waals surface area contributed by atoms with Crippen LogP contribution < -0.4 is 5.32 Å². The molecular weight excluding hydrogens is 288 g/mol. The van der Waals surface area contributed by atoms with Crippen molar-refractivity contribution in [3.63, 3.8) is 0 Å². The number of rotatable bonds is 2. The molecule has 0 unspecified atom stereocenters. The van der Waals surface area contributed by atoms with Gasteiger partial charge in [-0.2, -0.15) is 0 Å². The Kier molecular flexibility index (Phi) is 3.98. The number of thioether (sulfide) groups is 1. The number of thiophene rings is 1. The summed E-state index contributed by atoms with van der Waals surface area (Å²) in [4.78, 5) is 15.6. The van der Waals surface area contributed by atoms with Crippen LogP contribution in [-0.4, -0.2) is 23.2 Å². The maximum Gasteiger partial charge on any atom is 0.323 e. The van der Waals surface area contributed by atoms with Gasteiger partial charge in [-0.05, 0) is 30.0 Å². The lowest BCUT2D eigenvalue weighted by Gasteiger charge is -2.23. The van der Waals surface area contributed by atoms with Crippen molar-refractivity contribution in [1.82, 2.24) is 4.90 Å². The number of amides is 2. The molecule has 2 heterocycles. The van der Waals surface area contributed by atoms with Gasteiger partial charge in [-0.1, -0.05) is 24.3 Å². The number of hydrogen-bond acceptors (Lipinski definition) is 3. The molecule has 1 aliphatic heterocycles. The van der Waals surface area contributed by atoms with Crippen molar-refractivity contribution in [1.29, 1.82) is 0 Å². The number of benzene rings is 1. The molecule has 0 saturated carbocycles. The molecule has 104 valence electrons. The number of nitrogens with one attached hydrogen (secondary N) is 1. The number of hydrogen-bond donors (Lipinski definition) is 1. The van der Waals surface area contributed by atoms with Gasteiger partial charge in [0.1, 0.15) is 5.37 Å². The molecule has 1 N–H and O–H groups in total. The topological polar surface area (TPSA) is 32.3 Å². The Bertz CT molecular complexity index is 598. The lowest BCUT2D eigenvalue weighted by Crippen LogP contribution is -2.34. The van der Waals surface area contributed by atoms with Crippen molar-refractivity contribution in [2.45, 2.75) is 12.3 Å². The smallest absolute Gasteiger partial charge is 0.308 e. The Labute approximate surface area is 127 Å². The second-order valence-electron chi connectivity index (χ2n) is 4.68. The van der Waals surface area contributed by atoms with Gasteiger partial charge in [0.25, 0.3) is 0 Å². The van der Waals surface area contributed by atoms with E-state index in [1.54, 1.807) is 11.3 Å². The second-order valence-corrected chi connectivity index (χ2v) is 6.84. The summed E-state index contributed by atoms with van der Waals surface area (Å²) in [5.74, 6) is 0.990. The normalized spacial score (nSPS) is 18.2. The monoisotopic (exact) mass is 304 g/mol. The minimum Gasteiger partial charge on any atom is -0.308 e. The zero-order valence-electron chi connectivity index (χ0n) is 11.2. The van der Waals surface area contributed by atoms with Gasteiger partial charge in [0, 0.05) is 22.9 Å². The van der Waals surface area contributed by atoms with Gasteiger partial charge >= 0.3 is 6.03 Å². The van der Waals surface area contributed by atoms with Gasteiger partial charge in [0.2, 0.25) is 0 Å². The van der Waals surface area contributed by atoms with Crippen LogP contribution in [0.25, 0.3) is 0 Å². The molecule has 1 atom stereocenters. The highest BCUT2D eigenvalue weighted by atomic mass is 32.2. The zero-order chi connectivity index (χ0) is 13.9. The van der Waals surface area contributed by atoms with Crippen molar-refractivity contribution < 1.29 is 4.79 Å². The number of anilines is 1. The van der Waals surface area contributed by atoms with E-state index in [-0.39, 0.29) is 11.4 Å². The molecule has 1 fully saturated rings. The predicted octanol–water partition coefficient (Wildman–Crippen LogP) is 4.34. The molecule has 20 heavy (non-hydrogen) atoms. The van der Waals surface area contributed by atoms with Gasteiger partial charge in [-0.25, -0.2) is 4.79 Å². The number of carbonyl (C=O) groups excluding carboxylic acids is 1. The van der Waals surface area contributed by atoms with Crippen molar-refractivity contribution in [3.05, 3.63) is 52.2 Å². The molecule has 3 nitrogen and oxygen atoms in total. The summed E-state index contributed by atoms with van der Waals surface area (Å²) in [7, 11) is 0. The summed E-state index contributed by atoms with van der Waals surface area (Å²) >= 11 is 3.54. The molecule has 1 aromatic carbocycles. The predicted molar refractivity (Wildman–Crippen MR) is 86.4 cm³/mol. The van der Waals surface area contributed by atoms with E-state index in [0.717, 1.165) is 23.5 Å². The Morgan fingerprint density at radius 2 is 2.15 bits per heavy atom. The van der Waals surface area contributed by atoms with Gasteiger partial charge < -0.3 is 10.2 Å². The number of aryl methyl sites for hydroxylation is 1. The first-order valence-electron chi connectivity index (χ1n) is 6.54. The number of para-hydroxylation sites is 1. The summed E-state index contributed by atoms with van der Waals surface area (Å²) < 4.78 is 0. The summed E-state index contributed by atoms with van der Waals surface area (Å²) in [5, 5.41) is 5.24. The Morgan fingerprint density at radius 1 is 1.30 bits per heavy atom. The first-order valence-corrected chi connectivity index (χ1v) is 8.47. The van der Waals surface area contributed by atoms with Crippen molar-refractivity contribution >= 4 is 34.8 Å². The largest absolute Gasteiger partial charge is 0.323 e. The van der Waals surface area contributed by atoms with Crippen LogP contribution in [0.5, 0.6) is 0 Å². The van der Waals surface area contributed by atoms with Crippen LogP contribution in [0.3, 0.4) is 0 Å². The summed E-state index contributed by atoms with van der Waals surface area (Å²) in [6, 6.07) is 12.0. The average molecular weight is 304 g/mol. The molecule has 1 aliphatic rings. The standard InChI is InChI=1S/C15H16N2OS2/c1-11-5-2-3-6-12(11)16-15(18)17-8-10-20-14(17)13-7-4-9-19-13/h2-7,9,14H,8,10H2,1H3,(H,16,18)/t14-/m1/s1. The van der Waals surface area contributed by atoms with Crippen LogP contribution >= 0.6 is 23.1 Å². The van der Waals surface area contributed by atoms with Crippen LogP contribution in [0.15, 0.2) is 41.8 Å². The van der Waals surface area contributed by atoms with E-state index in [1.807, 2.05) is 53.9 Å². The zero-order valence-corrected chi connectivity index (χ0v) is 12.8. The van der Waals surface area contributed by atoms with Gasteiger partial charge in [0.05, 0.1) is 0 Å². The van der Waals surface area contributed by atoms with Crippen LogP contribution in [0, 0.1) is 6.92 Å². The third kappa shape index (κ3) is 2.69. The number of carbonyl (C=O) groups is 1. The van der Waals surface area contributed by atoms with E-state index in [1.165, 1.54) is 4.88 Å². The number of nitrogens with zero attached hydrogens (tertiary/aromatic N) is 1. The van der Waals surface area contributed by atoms with E-state index in [9.17, 15) is 4.79 Å². The molecule has 0 spiro atoms. The van der Waals surface area contributed by atoms with Crippen LogP contribution in [0.1, 0.15) is 15.8 Å². The van der Waals surface area contributed by atoms with E-state index in [4.69, 9.17) is 0 Å². The quantitative estimate of drug-likeness (QED) is 0.895. The number of urea groups is 1. The minimum atomic E-state index is -0.0114. The summed E-state index contributed by atoms with van der Waals surface area (Å²) in [6.07, 6.45) is 0. The van der Waals surface area contributed by atoms with Gasteiger partial charge in [-0.15, -0.1) is 23.1 Å². The highest BCUT2D eigenvalue weighted by Gasteiger charge is 2.31. The van der Waals surface area contributed by atoms with Gasteiger partial charge in [0.15, 0.2) is 0 Å². The molecule has 2 aromatic rings. The first kappa shape index (κ1) is 13.5. The molecule has 5 heteroatoms. The molecular formula is C15H16N2OS2. The fraction of sp³-hybridized carbons (Fsp3) is 0.267. The van der Waals surface area contributed by atoms with E-state index in [0.29, 0.717) is 0 Å². The SMILES string of the molecule is Cc1ccccc1NC(=O)N1CCS[C@@H]1c1cccs1. The average Bonchev–Trinajstić information content (AvgIpc) is 3.11. The maximum atomic E-state index is 12.5. The molecule has 3 rings (SSSR count). The lowest BCUT2D eigenvalue weighted by atomic mass is 10.2. The maximum absolute atomic E-state index is 12.5. The van der Waals surface area contributed by atoms with E-state index >= 15 is 0 Å². The molecule has 1 saturated heterocycles. The molecule has 1 aromatic heterocycles. The Hall–Kier alpha value is -1.46. The van der Waals surface area contributed by atoms with Crippen molar-refractivity contribution in [2.24, 2.45) is 0 Å². The third-order valence-corrected chi connectivity index (χ3v) is 5.64. The molecule has 0 aliphatic carbocycles. The van der Waals surface area contributed by atoms with Crippen molar-refractivity contribution in [3.8, 4) is 0 Å². The molecule has 0 radical (unpaired) electrons. The molecule has 2 amide bonds. The highest BCUT2D eigenvalue weighted by molar-refractivity contribution is 7.99.